The van der Waals surface area contributed by atoms with Gasteiger partial charge in [0.1, 0.15) is 5.54 Å². The van der Waals surface area contributed by atoms with Gasteiger partial charge in [-0.1, -0.05) is 24.4 Å². The van der Waals surface area contributed by atoms with E-state index in [0.29, 0.717) is 10.7 Å². The molecule has 0 aromatic heterocycles. The van der Waals surface area contributed by atoms with Crippen LogP contribution in [0.3, 0.4) is 0 Å². The van der Waals surface area contributed by atoms with Crippen molar-refractivity contribution in [3.63, 3.8) is 0 Å². The Bertz CT molecular complexity index is 837. The summed E-state index contributed by atoms with van der Waals surface area (Å²) in [7, 11) is -3.62. The van der Waals surface area contributed by atoms with Crippen LogP contribution in [0.5, 0.6) is 0 Å². The molecular weight excluding hydrogens is 390 g/mol. The lowest BCUT2D eigenvalue weighted by molar-refractivity contribution is -0.133. The number of amides is 2. The van der Waals surface area contributed by atoms with Gasteiger partial charge in [0.05, 0.1) is 12.8 Å². The number of hydrogen-bond donors (Lipinski definition) is 1. The Morgan fingerprint density at radius 1 is 1.22 bits per heavy atom. The first-order valence-electron chi connectivity index (χ1n) is 8.96. The van der Waals surface area contributed by atoms with Crippen molar-refractivity contribution in [3.8, 4) is 0 Å². The smallest absolute Gasteiger partial charge is 0.247 e. The molecule has 0 radical (unpaired) electrons. The Morgan fingerprint density at radius 3 is 2.37 bits per heavy atom. The summed E-state index contributed by atoms with van der Waals surface area (Å²) in [5.41, 5.74) is -0.837. The molecule has 27 heavy (non-hydrogen) atoms. The molecule has 0 spiro atoms. The first kappa shape index (κ1) is 20.1. The van der Waals surface area contributed by atoms with Gasteiger partial charge in [-0.15, -0.1) is 0 Å². The molecule has 7 nitrogen and oxygen atoms in total. The predicted octanol–water partition coefficient (Wildman–Crippen LogP) is 1.77. The van der Waals surface area contributed by atoms with Crippen molar-refractivity contribution in [3.05, 3.63) is 29.3 Å². The van der Waals surface area contributed by atoms with E-state index in [4.69, 9.17) is 11.6 Å². The van der Waals surface area contributed by atoms with Gasteiger partial charge in [-0.3, -0.25) is 14.5 Å². The Balaban J connectivity index is 1.98. The molecule has 3 rings (SSSR count). The fraction of sp³-hybridized carbons (Fsp3) is 0.556. The molecule has 2 amide bonds. The highest BCUT2D eigenvalue weighted by atomic mass is 35.5. The topological polar surface area (TPSA) is 86.8 Å². The number of halogens is 1. The molecular formula is C18H24ClN3O4S. The van der Waals surface area contributed by atoms with Crippen LogP contribution in [0.2, 0.25) is 5.02 Å². The Hall–Kier alpha value is -1.64. The summed E-state index contributed by atoms with van der Waals surface area (Å²) in [5.74, 6) is -0.788. The number of anilines is 1. The molecule has 1 aliphatic heterocycles. The van der Waals surface area contributed by atoms with Crippen LogP contribution in [0.1, 0.15) is 32.6 Å². The van der Waals surface area contributed by atoms with Crippen molar-refractivity contribution in [1.82, 2.24) is 9.62 Å². The molecule has 0 bridgehead atoms. The summed E-state index contributed by atoms with van der Waals surface area (Å²) >= 11 is 5.95. The van der Waals surface area contributed by atoms with Crippen molar-refractivity contribution in [1.29, 1.82) is 0 Å². The van der Waals surface area contributed by atoms with Crippen LogP contribution < -0.4 is 10.2 Å². The zero-order valence-corrected chi connectivity index (χ0v) is 17.0. The standard InChI is InChI=1S/C18H24ClN3O4S/c1-18(17(24)20-14-5-3-4-6-14)12-21(27(2,25)26)11-16(23)22(18)15-9-7-13(19)8-10-15/h7-10,14H,3-6,11-12H2,1-2H3,(H,20,24). The fourth-order valence-corrected chi connectivity index (χ4v) is 4.76. The minimum Gasteiger partial charge on any atom is -0.351 e. The van der Waals surface area contributed by atoms with E-state index in [0.717, 1.165) is 36.2 Å². The molecule has 1 saturated carbocycles. The Morgan fingerprint density at radius 2 is 1.81 bits per heavy atom. The average Bonchev–Trinajstić information content (AvgIpc) is 3.08. The van der Waals surface area contributed by atoms with Crippen molar-refractivity contribution < 1.29 is 18.0 Å². The van der Waals surface area contributed by atoms with Crippen molar-refractivity contribution in [2.75, 3.05) is 24.2 Å². The van der Waals surface area contributed by atoms with E-state index in [-0.39, 0.29) is 25.0 Å². The van der Waals surface area contributed by atoms with E-state index in [1.54, 1.807) is 31.2 Å². The van der Waals surface area contributed by atoms with E-state index < -0.39 is 21.5 Å². The number of benzene rings is 1. The molecule has 9 heteroatoms. The van der Waals surface area contributed by atoms with Crippen molar-refractivity contribution >= 4 is 39.1 Å². The minimum atomic E-state index is -3.62. The number of carbonyl (C=O) groups is 2. The first-order chi connectivity index (χ1) is 12.6. The molecule has 1 aromatic carbocycles. The molecule has 1 aliphatic carbocycles. The van der Waals surface area contributed by atoms with E-state index in [1.807, 2.05) is 0 Å². The van der Waals surface area contributed by atoms with E-state index in [9.17, 15) is 18.0 Å². The van der Waals surface area contributed by atoms with Crippen LogP contribution >= 0.6 is 11.6 Å². The molecule has 1 saturated heterocycles. The number of hydrogen-bond acceptors (Lipinski definition) is 4. The van der Waals surface area contributed by atoms with Gasteiger partial charge >= 0.3 is 0 Å². The van der Waals surface area contributed by atoms with Gasteiger partial charge in [0.25, 0.3) is 0 Å². The lowest BCUT2D eigenvalue weighted by atomic mass is 9.94. The number of nitrogens with one attached hydrogen (secondary N) is 1. The van der Waals surface area contributed by atoms with Crippen molar-refractivity contribution in [2.45, 2.75) is 44.2 Å². The average molecular weight is 414 g/mol. The van der Waals surface area contributed by atoms with Gasteiger partial charge in [0.15, 0.2) is 0 Å². The van der Waals surface area contributed by atoms with E-state index in [2.05, 4.69) is 5.32 Å². The normalized spacial score (nSPS) is 25.0. The van der Waals surface area contributed by atoms with Gasteiger partial charge in [-0.2, -0.15) is 4.31 Å². The highest BCUT2D eigenvalue weighted by Crippen LogP contribution is 2.32. The van der Waals surface area contributed by atoms with Gasteiger partial charge in [-0.25, -0.2) is 8.42 Å². The van der Waals surface area contributed by atoms with E-state index >= 15 is 0 Å². The molecule has 1 N–H and O–H groups in total. The highest BCUT2D eigenvalue weighted by Gasteiger charge is 2.50. The monoisotopic (exact) mass is 413 g/mol. The molecule has 1 aromatic rings. The maximum Gasteiger partial charge on any atom is 0.247 e. The quantitative estimate of drug-likeness (QED) is 0.814. The molecule has 1 unspecified atom stereocenters. The number of carbonyl (C=O) groups excluding carboxylic acids is 2. The Kier molecular flexibility index (Phi) is 5.52. The third-order valence-electron chi connectivity index (χ3n) is 5.27. The lowest BCUT2D eigenvalue weighted by Gasteiger charge is -2.46. The Labute approximate surface area is 164 Å². The van der Waals surface area contributed by atoms with Crippen molar-refractivity contribution in [2.24, 2.45) is 0 Å². The van der Waals surface area contributed by atoms with Crippen LogP contribution in [0.25, 0.3) is 0 Å². The maximum atomic E-state index is 13.2. The number of piperazine rings is 1. The minimum absolute atomic E-state index is 0.0603. The summed E-state index contributed by atoms with van der Waals surface area (Å²) in [6.07, 6.45) is 4.94. The van der Waals surface area contributed by atoms with Gasteiger partial charge in [0.2, 0.25) is 21.8 Å². The summed E-state index contributed by atoms with van der Waals surface area (Å²) in [6.45, 7) is 1.22. The summed E-state index contributed by atoms with van der Waals surface area (Å²) < 4.78 is 25.2. The second-order valence-electron chi connectivity index (χ2n) is 7.47. The van der Waals surface area contributed by atoms with Crippen LogP contribution in [0.4, 0.5) is 5.69 Å². The lowest BCUT2D eigenvalue weighted by Crippen LogP contribution is -2.70. The highest BCUT2D eigenvalue weighted by molar-refractivity contribution is 7.88. The molecule has 148 valence electrons. The zero-order valence-electron chi connectivity index (χ0n) is 15.4. The predicted molar refractivity (Wildman–Crippen MR) is 104 cm³/mol. The van der Waals surface area contributed by atoms with Crippen LogP contribution in [-0.4, -0.2) is 55.5 Å². The number of sulfonamides is 1. The zero-order chi connectivity index (χ0) is 19.8. The van der Waals surface area contributed by atoms with Crippen LogP contribution in [0, 0.1) is 0 Å². The number of rotatable bonds is 4. The molecule has 1 atom stereocenters. The number of nitrogens with zero attached hydrogens (tertiary/aromatic N) is 2. The van der Waals surface area contributed by atoms with Crippen LogP contribution in [0.15, 0.2) is 24.3 Å². The third-order valence-corrected chi connectivity index (χ3v) is 6.72. The summed E-state index contributed by atoms with van der Waals surface area (Å²) in [4.78, 5) is 27.5. The second-order valence-corrected chi connectivity index (χ2v) is 9.88. The summed E-state index contributed by atoms with van der Waals surface area (Å²) in [6, 6.07) is 6.67. The van der Waals surface area contributed by atoms with Crippen LogP contribution in [-0.2, 0) is 19.6 Å². The van der Waals surface area contributed by atoms with Gasteiger partial charge in [0, 0.05) is 23.3 Å². The van der Waals surface area contributed by atoms with Gasteiger partial charge < -0.3 is 5.32 Å². The second kappa shape index (κ2) is 7.41. The molecule has 2 aliphatic rings. The largest absolute Gasteiger partial charge is 0.351 e. The van der Waals surface area contributed by atoms with E-state index in [1.165, 1.54) is 4.90 Å². The molecule has 2 fully saturated rings. The summed E-state index contributed by atoms with van der Waals surface area (Å²) in [5, 5.41) is 3.52. The first-order valence-corrected chi connectivity index (χ1v) is 11.2. The third kappa shape index (κ3) is 4.12. The fourth-order valence-electron chi connectivity index (χ4n) is 3.80. The SMILES string of the molecule is CC1(C(=O)NC2CCCC2)CN(S(C)(=O)=O)CC(=O)N1c1ccc(Cl)cc1. The maximum absolute atomic E-state index is 13.2. The molecule has 1 heterocycles. The van der Waals surface area contributed by atoms with Gasteiger partial charge in [-0.05, 0) is 44.0 Å².